The van der Waals surface area contributed by atoms with Gasteiger partial charge in [0, 0.05) is 12.6 Å². The molecule has 0 rings (SSSR count). The summed E-state index contributed by atoms with van der Waals surface area (Å²) in [6, 6.07) is -0.299. The molecule has 0 aromatic heterocycles. The first kappa shape index (κ1) is 27.6. The van der Waals surface area contributed by atoms with Crippen molar-refractivity contribution < 1.29 is 9.59 Å². The highest BCUT2D eigenvalue weighted by atomic mass is 16.2. The van der Waals surface area contributed by atoms with Crippen LogP contribution in [0.2, 0.25) is 0 Å². The van der Waals surface area contributed by atoms with Gasteiger partial charge in [0.1, 0.15) is 0 Å². The van der Waals surface area contributed by atoms with Crippen molar-refractivity contribution >= 4 is 11.8 Å². The highest BCUT2D eigenvalue weighted by Gasteiger charge is 2.22. The second-order valence-electron chi connectivity index (χ2n) is 8.05. The minimum atomic E-state index is -0.299. The first-order valence-corrected chi connectivity index (χ1v) is 12.0. The average Bonchev–Trinajstić information content (AvgIpc) is 2.71. The fraction of sp³-hybridized carbons (Fsp3) is 0.760. The van der Waals surface area contributed by atoms with E-state index >= 15 is 0 Å². The predicted molar refractivity (Wildman–Crippen MR) is 125 cm³/mol. The summed E-state index contributed by atoms with van der Waals surface area (Å²) >= 11 is 0. The molecule has 0 bridgehead atoms. The van der Waals surface area contributed by atoms with Gasteiger partial charge in [-0.05, 0) is 44.8 Å². The van der Waals surface area contributed by atoms with E-state index in [0.717, 1.165) is 25.7 Å². The number of carbonyl (C=O) groups is 2. The number of carbonyl (C=O) groups excluding carboxylic acids is 2. The van der Waals surface area contributed by atoms with E-state index in [4.69, 9.17) is 5.73 Å². The Bertz CT molecular complexity index is 433. The van der Waals surface area contributed by atoms with Crippen molar-refractivity contribution in [1.82, 2.24) is 4.90 Å². The number of unbranched alkanes of at least 4 members (excludes halogenated alkanes) is 12. The van der Waals surface area contributed by atoms with Gasteiger partial charge in [-0.3, -0.25) is 14.5 Å². The van der Waals surface area contributed by atoms with Crippen molar-refractivity contribution in [2.24, 2.45) is 5.73 Å². The number of nitrogens with two attached hydrogens (primary N) is 1. The van der Waals surface area contributed by atoms with Crippen LogP contribution in [0.3, 0.4) is 0 Å². The molecule has 2 N–H and O–H groups in total. The zero-order chi connectivity index (χ0) is 21.7. The van der Waals surface area contributed by atoms with E-state index in [-0.39, 0.29) is 24.4 Å². The third-order valence-electron chi connectivity index (χ3n) is 5.23. The maximum absolute atomic E-state index is 12.5. The van der Waals surface area contributed by atoms with Crippen LogP contribution < -0.4 is 5.73 Å². The van der Waals surface area contributed by atoms with Gasteiger partial charge < -0.3 is 5.73 Å². The molecule has 4 heteroatoms. The lowest BCUT2D eigenvalue weighted by atomic mass is 10.1. The van der Waals surface area contributed by atoms with Crippen LogP contribution in [0, 0.1) is 0 Å². The predicted octanol–water partition coefficient (Wildman–Crippen LogP) is 6.30. The first-order valence-electron chi connectivity index (χ1n) is 12.0. The number of amides is 2. The molecule has 0 aromatic rings. The van der Waals surface area contributed by atoms with E-state index in [9.17, 15) is 9.59 Å². The molecule has 0 aliphatic heterocycles. The van der Waals surface area contributed by atoms with Gasteiger partial charge in [0.25, 0.3) is 11.8 Å². The van der Waals surface area contributed by atoms with Crippen LogP contribution in [0.25, 0.3) is 0 Å². The van der Waals surface area contributed by atoms with Gasteiger partial charge in [-0.15, -0.1) is 0 Å². The fourth-order valence-electron chi connectivity index (χ4n) is 3.26. The molecule has 4 nitrogen and oxygen atoms in total. The summed E-state index contributed by atoms with van der Waals surface area (Å²) in [5.41, 5.74) is 5.72. The van der Waals surface area contributed by atoms with Gasteiger partial charge in [-0.2, -0.15) is 0 Å². The van der Waals surface area contributed by atoms with Crippen LogP contribution in [0.4, 0.5) is 0 Å². The van der Waals surface area contributed by atoms with E-state index in [2.05, 4.69) is 13.8 Å². The van der Waals surface area contributed by atoms with Crippen LogP contribution in [-0.4, -0.2) is 29.3 Å². The highest BCUT2D eigenvalue weighted by molar-refractivity contribution is 6.05. The zero-order valence-electron chi connectivity index (χ0n) is 19.3. The molecule has 2 amide bonds. The van der Waals surface area contributed by atoms with Gasteiger partial charge in [0.05, 0.1) is 0 Å². The van der Waals surface area contributed by atoms with E-state index in [0.29, 0.717) is 0 Å². The number of hydrogen-bond donors (Lipinski definition) is 1. The third kappa shape index (κ3) is 15.1. The molecule has 0 heterocycles. The average molecular weight is 407 g/mol. The van der Waals surface area contributed by atoms with Crippen LogP contribution in [0.1, 0.15) is 111 Å². The molecular formula is C25H46N2O2. The Labute approximate surface area is 180 Å². The second kappa shape index (κ2) is 19.9. The fourth-order valence-corrected chi connectivity index (χ4v) is 3.26. The van der Waals surface area contributed by atoms with Gasteiger partial charge in [0.2, 0.25) is 0 Å². The number of rotatable bonds is 18. The van der Waals surface area contributed by atoms with Crippen molar-refractivity contribution in [3.05, 3.63) is 24.3 Å². The van der Waals surface area contributed by atoms with Crippen LogP contribution in [-0.2, 0) is 9.59 Å². The maximum Gasteiger partial charge on any atom is 0.253 e. The van der Waals surface area contributed by atoms with Gasteiger partial charge in [-0.1, -0.05) is 90.2 Å². The Morgan fingerprint density at radius 2 is 1.10 bits per heavy atom. The third-order valence-corrected chi connectivity index (χ3v) is 5.23. The largest absolute Gasteiger partial charge is 0.328 e. The van der Waals surface area contributed by atoms with Gasteiger partial charge >= 0.3 is 0 Å². The molecule has 0 aliphatic rings. The standard InChI is InChI=1S/C25H46N2O2/c1-4-6-8-10-12-14-16-18-20-24(28)27(23(3)22-26)25(29)21-19-17-15-13-11-9-7-5-2/h18-21,23H,4-17,22,26H2,1-3H3. The van der Waals surface area contributed by atoms with Crippen LogP contribution in [0.15, 0.2) is 24.3 Å². The zero-order valence-corrected chi connectivity index (χ0v) is 19.3. The topological polar surface area (TPSA) is 63.4 Å². The van der Waals surface area contributed by atoms with Gasteiger partial charge in [0.15, 0.2) is 0 Å². The summed E-state index contributed by atoms with van der Waals surface area (Å²) in [7, 11) is 0. The van der Waals surface area contributed by atoms with Crippen LogP contribution >= 0.6 is 0 Å². The highest BCUT2D eigenvalue weighted by Crippen LogP contribution is 2.09. The smallest absolute Gasteiger partial charge is 0.253 e. The molecule has 1 atom stereocenters. The Morgan fingerprint density at radius 3 is 1.48 bits per heavy atom. The summed E-state index contributed by atoms with van der Waals surface area (Å²) in [5, 5.41) is 0. The monoisotopic (exact) mass is 406 g/mol. The number of hydrogen-bond acceptors (Lipinski definition) is 3. The number of allylic oxidation sites excluding steroid dienone is 2. The van der Waals surface area contributed by atoms with Crippen molar-refractivity contribution in [3.8, 4) is 0 Å². The molecule has 0 fully saturated rings. The normalized spacial score (nSPS) is 12.7. The summed E-state index contributed by atoms with van der Waals surface area (Å²) < 4.78 is 0. The van der Waals surface area contributed by atoms with Gasteiger partial charge in [-0.25, -0.2) is 0 Å². The number of nitrogens with zero attached hydrogens (tertiary/aromatic N) is 1. The summed E-state index contributed by atoms with van der Waals surface area (Å²) in [4.78, 5) is 26.3. The Balaban J connectivity index is 4.33. The Kier molecular flexibility index (Phi) is 18.9. The van der Waals surface area contributed by atoms with Crippen molar-refractivity contribution in [3.63, 3.8) is 0 Å². The van der Waals surface area contributed by atoms with E-state index in [1.54, 1.807) is 0 Å². The second-order valence-corrected chi connectivity index (χ2v) is 8.05. The van der Waals surface area contributed by atoms with Crippen molar-refractivity contribution in [1.29, 1.82) is 0 Å². The van der Waals surface area contributed by atoms with E-state index in [1.807, 2.05) is 19.1 Å². The first-order chi connectivity index (χ1) is 14.1. The minimum Gasteiger partial charge on any atom is -0.328 e. The molecule has 0 aliphatic carbocycles. The van der Waals surface area contributed by atoms with E-state index in [1.165, 1.54) is 81.3 Å². The lowest BCUT2D eigenvalue weighted by molar-refractivity contribution is -0.140. The lowest BCUT2D eigenvalue weighted by Crippen LogP contribution is -2.45. The molecule has 0 saturated heterocycles. The lowest BCUT2D eigenvalue weighted by Gasteiger charge is -2.24. The molecule has 29 heavy (non-hydrogen) atoms. The molecule has 0 aromatic carbocycles. The maximum atomic E-state index is 12.5. The minimum absolute atomic E-state index is 0.261. The molecule has 168 valence electrons. The Morgan fingerprint density at radius 1 is 0.724 bits per heavy atom. The molecule has 1 unspecified atom stereocenters. The quantitative estimate of drug-likeness (QED) is 0.214. The molecule has 0 spiro atoms. The van der Waals surface area contributed by atoms with Crippen molar-refractivity contribution in [2.75, 3.05) is 6.54 Å². The summed E-state index contributed by atoms with van der Waals surface area (Å²) in [6.45, 7) is 6.52. The Hall–Kier alpha value is -1.42. The van der Waals surface area contributed by atoms with Crippen LogP contribution in [0.5, 0.6) is 0 Å². The molecular weight excluding hydrogens is 360 g/mol. The van der Waals surface area contributed by atoms with Crippen molar-refractivity contribution in [2.45, 2.75) is 117 Å². The molecule has 0 radical (unpaired) electrons. The SMILES string of the molecule is CCCCCCCCC=CC(=O)N(C(=O)C=CCCCCCCCC)C(C)CN. The summed E-state index contributed by atoms with van der Waals surface area (Å²) in [6.07, 6.45) is 23.4. The molecule has 0 saturated carbocycles. The summed E-state index contributed by atoms with van der Waals surface area (Å²) in [5.74, 6) is -0.522. The van der Waals surface area contributed by atoms with E-state index < -0.39 is 0 Å². The number of imide groups is 1.